The molecule has 1 aliphatic carbocycles. The molecule has 0 heterocycles. The SMILES string of the molecule is COc1cc(C)c(C2(N=C=O)CCC2)c(Br)c1O. The van der Waals surface area contributed by atoms with Crippen molar-refractivity contribution in [1.82, 2.24) is 0 Å². The van der Waals surface area contributed by atoms with Gasteiger partial charge in [0.1, 0.15) is 0 Å². The maximum Gasteiger partial charge on any atom is 0.235 e. The predicted molar refractivity (Wildman–Crippen MR) is 70.7 cm³/mol. The Morgan fingerprint density at radius 3 is 2.67 bits per heavy atom. The van der Waals surface area contributed by atoms with Crippen molar-refractivity contribution in [3.8, 4) is 11.5 Å². The lowest BCUT2D eigenvalue weighted by molar-refractivity contribution is 0.251. The number of rotatable bonds is 3. The van der Waals surface area contributed by atoms with E-state index < -0.39 is 5.54 Å². The van der Waals surface area contributed by atoms with Crippen LogP contribution in [0.4, 0.5) is 0 Å². The third-order valence-electron chi connectivity index (χ3n) is 3.53. The summed E-state index contributed by atoms with van der Waals surface area (Å²) in [6.45, 7) is 1.92. The fraction of sp³-hybridized carbons (Fsp3) is 0.462. The van der Waals surface area contributed by atoms with Gasteiger partial charge in [0, 0.05) is 5.56 Å². The van der Waals surface area contributed by atoms with Crippen molar-refractivity contribution in [3.05, 3.63) is 21.7 Å². The van der Waals surface area contributed by atoms with E-state index in [9.17, 15) is 9.90 Å². The molecule has 0 amide bonds. The Morgan fingerprint density at radius 1 is 1.56 bits per heavy atom. The molecule has 0 bridgehead atoms. The van der Waals surface area contributed by atoms with Crippen LogP contribution in [0, 0.1) is 6.92 Å². The largest absolute Gasteiger partial charge is 0.503 e. The average Bonchev–Trinajstić information content (AvgIpc) is 2.30. The zero-order chi connectivity index (χ0) is 13.3. The van der Waals surface area contributed by atoms with Gasteiger partial charge in [0.15, 0.2) is 11.5 Å². The molecule has 1 fully saturated rings. The molecule has 1 N–H and O–H groups in total. The number of carbonyl (C=O) groups excluding carboxylic acids is 1. The Kier molecular flexibility index (Phi) is 3.46. The number of hydrogen-bond donors (Lipinski definition) is 1. The molecule has 0 aliphatic heterocycles. The Morgan fingerprint density at radius 2 is 2.22 bits per heavy atom. The molecule has 18 heavy (non-hydrogen) atoms. The number of nitrogens with zero attached hydrogens (tertiary/aromatic N) is 1. The van der Waals surface area contributed by atoms with Crippen LogP contribution in [0.2, 0.25) is 0 Å². The van der Waals surface area contributed by atoms with Crippen LogP contribution < -0.4 is 4.74 Å². The molecule has 0 aromatic heterocycles. The lowest BCUT2D eigenvalue weighted by atomic mass is 9.71. The number of phenolic OH excluding ortho intramolecular Hbond substituents is 1. The highest BCUT2D eigenvalue weighted by atomic mass is 79.9. The first-order chi connectivity index (χ1) is 8.55. The lowest BCUT2D eigenvalue weighted by Gasteiger charge is -2.39. The Hall–Kier alpha value is -1.32. The number of aliphatic imine (C=N–C) groups is 1. The van der Waals surface area contributed by atoms with Crippen molar-refractivity contribution in [3.63, 3.8) is 0 Å². The molecule has 96 valence electrons. The summed E-state index contributed by atoms with van der Waals surface area (Å²) in [5.41, 5.74) is 1.26. The van der Waals surface area contributed by atoms with Gasteiger partial charge in [-0.15, -0.1) is 0 Å². The second-order valence-corrected chi connectivity index (χ2v) is 5.31. The molecule has 1 aliphatic rings. The van der Waals surface area contributed by atoms with E-state index in [-0.39, 0.29) is 5.75 Å². The molecule has 5 heteroatoms. The van der Waals surface area contributed by atoms with Gasteiger partial charge in [-0.05, 0) is 53.7 Å². The lowest BCUT2D eigenvalue weighted by Crippen LogP contribution is -2.33. The summed E-state index contributed by atoms with van der Waals surface area (Å²) in [6.07, 6.45) is 4.27. The number of isocyanates is 1. The van der Waals surface area contributed by atoms with Gasteiger partial charge in [-0.1, -0.05) is 0 Å². The molecule has 1 aromatic rings. The van der Waals surface area contributed by atoms with Gasteiger partial charge in [-0.3, -0.25) is 0 Å². The van der Waals surface area contributed by atoms with Gasteiger partial charge in [-0.2, -0.15) is 4.99 Å². The Balaban J connectivity index is 2.64. The maximum atomic E-state index is 10.6. The number of aryl methyl sites for hydroxylation is 1. The Labute approximate surface area is 114 Å². The monoisotopic (exact) mass is 311 g/mol. The number of ether oxygens (including phenoxy) is 1. The van der Waals surface area contributed by atoms with Crippen LogP contribution in [-0.2, 0) is 10.3 Å². The molecule has 0 spiro atoms. The maximum absolute atomic E-state index is 10.6. The molecule has 2 rings (SSSR count). The highest BCUT2D eigenvalue weighted by molar-refractivity contribution is 9.10. The molecular formula is C13H14BrNO3. The molecule has 0 radical (unpaired) electrons. The van der Waals surface area contributed by atoms with E-state index in [2.05, 4.69) is 20.9 Å². The van der Waals surface area contributed by atoms with Crippen molar-refractivity contribution in [2.75, 3.05) is 7.11 Å². The van der Waals surface area contributed by atoms with E-state index in [1.165, 1.54) is 7.11 Å². The van der Waals surface area contributed by atoms with Gasteiger partial charge >= 0.3 is 0 Å². The van der Waals surface area contributed by atoms with Crippen molar-refractivity contribution in [2.24, 2.45) is 4.99 Å². The van der Waals surface area contributed by atoms with Crippen molar-refractivity contribution >= 4 is 22.0 Å². The van der Waals surface area contributed by atoms with Crippen molar-refractivity contribution < 1.29 is 14.6 Å². The summed E-state index contributed by atoms with van der Waals surface area (Å²) < 4.78 is 5.65. The van der Waals surface area contributed by atoms with Gasteiger partial charge in [0.25, 0.3) is 0 Å². The van der Waals surface area contributed by atoms with E-state index in [0.717, 1.165) is 30.4 Å². The van der Waals surface area contributed by atoms with E-state index in [1.54, 1.807) is 12.1 Å². The number of aromatic hydroxyl groups is 1. The fourth-order valence-electron chi connectivity index (χ4n) is 2.48. The molecule has 0 unspecified atom stereocenters. The average molecular weight is 312 g/mol. The van der Waals surface area contributed by atoms with Crippen LogP contribution in [0.1, 0.15) is 30.4 Å². The minimum Gasteiger partial charge on any atom is -0.503 e. The molecule has 1 saturated carbocycles. The molecular weight excluding hydrogens is 298 g/mol. The quantitative estimate of drug-likeness (QED) is 0.689. The summed E-state index contributed by atoms with van der Waals surface area (Å²) in [5.74, 6) is 0.457. The van der Waals surface area contributed by atoms with Gasteiger partial charge in [0.05, 0.1) is 17.1 Å². The number of methoxy groups -OCH3 is 1. The number of halogens is 1. The van der Waals surface area contributed by atoms with Crippen LogP contribution in [-0.4, -0.2) is 18.3 Å². The Bertz CT molecular complexity index is 532. The highest BCUT2D eigenvalue weighted by Gasteiger charge is 2.42. The number of hydrogen-bond acceptors (Lipinski definition) is 4. The summed E-state index contributed by atoms with van der Waals surface area (Å²) in [5, 5.41) is 10.0. The predicted octanol–water partition coefficient (Wildman–Crippen LogP) is 3.19. The standard InChI is InChI=1S/C13H14BrNO3/c1-8-6-9(18-2)12(17)11(14)10(8)13(15-7-16)4-3-5-13/h6,17H,3-5H2,1-2H3. The normalized spacial score (nSPS) is 16.6. The summed E-state index contributed by atoms with van der Waals surface area (Å²) >= 11 is 3.38. The minimum atomic E-state index is -0.533. The van der Waals surface area contributed by atoms with Crippen LogP contribution in [0.25, 0.3) is 0 Å². The zero-order valence-electron chi connectivity index (χ0n) is 10.3. The van der Waals surface area contributed by atoms with Crippen molar-refractivity contribution in [2.45, 2.75) is 31.7 Å². The molecule has 0 saturated heterocycles. The van der Waals surface area contributed by atoms with Crippen LogP contribution >= 0.6 is 15.9 Å². The van der Waals surface area contributed by atoms with Crippen molar-refractivity contribution in [1.29, 1.82) is 0 Å². The van der Waals surface area contributed by atoms with Gasteiger partial charge in [0.2, 0.25) is 6.08 Å². The molecule has 4 nitrogen and oxygen atoms in total. The van der Waals surface area contributed by atoms with Gasteiger partial charge in [-0.25, -0.2) is 4.79 Å². The minimum absolute atomic E-state index is 0.0467. The zero-order valence-corrected chi connectivity index (χ0v) is 11.9. The second-order valence-electron chi connectivity index (χ2n) is 4.52. The van der Waals surface area contributed by atoms with Crippen LogP contribution in [0.3, 0.4) is 0 Å². The highest BCUT2D eigenvalue weighted by Crippen LogP contribution is 2.52. The summed E-state index contributed by atoms with van der Waals surface area (Å²) in [7, 11) is 1.50. The smallest absolute Gasteiger partial charge is 0.235 e. The van der Waals surface area contributed by atoms with Crippen LogP contribution in [0.5, 0.6) is 11.5 Å². The van der Waals surface area contributed by atoms with E-state index in [1.807, 2.05) is 6.92 Å². The third kappa shape index (κ3) is 1.84. The number of phenols is 1. The third-order valence-corrected chi connectivity index (χ3v) is 4.30. The number of benzene rings is 1. The second kappa shape index (κ2) is 4.75. The van der Waals surface area contributed by atoms with Gasteiger partial charge < -0.3 is 9.84 Å². The first kappa shape index (κ1) is 13.1. The summed E-state index contributed by atoms with van der Waals surface area (Å²) in [4.78, 5) is 14.6. The first-order valence-corrected chi connectivity index (χ1v) is 6.50. The molecule has 0 atom stereocenters. The van der Waals surface area contributed by atoms with Crippen LogP contribution in [0.15, 0.2) is 15.5 Å². The first-order valence-electron chi connectivity index (χ1n) is 5.71. The fourth-order valence-corrected chi connectivity index (χ4v) is 3.36. The molecule has 1 aromatic carbocycles. The van der Waals surface area contributed by atoms with E-state index >= 15 is 0 Å². The summed E-state index contributed by atoms with van der Waals surface area (Å²) in [6, 6.07) is 1.76. The van der Waals surface area contributed by atoms with E-state index in [4.69, 9.17) is 4.74 Å². The van der Waals surface area contributed by atoms with E-state index in [0.29, 0.717) is 10.2 Å². The topological polar surface area (TPSA) is 58.9 Å².